The predicted octanol–water partition coefficient (Wildman–Crippen LogP) is 4.27. The first-order valence-corrected chi connectivity index (χ1v) is 8.39. The summed E-state index contributed by atoms with van der Waals surface area (Å²) in [6, 6.07) is 5.40. The fourth-order valence-corrected chi connectivity index (χ4v) is 2.49. The maximum absolute atomic E-state index is 14.1. The van der Waals surface area contributed by atoms with E-state index in [4.69, 9.17) is 0 Å². The number of hydrogen-bond donors (Lipinski definition) is 0. The zero-order valence-electron chi connectivity index (χ0n) is 12.8. The number of hydrogen-bond acceptors (Lipinski definition) is 3. The van der Waals surface area contributed by atoms with E-state index < -0.39 is 45.4 Å². The molecule has 1 aromatic rings. The van der Waals surface area contributed by atoms with Crippen LogP contribution in [0.3, 0.4) is 0 Å². The molecule has 0 fully saturated rings. The Morgan fingerprint density at radius 3 is 1.92 bits per heavy atom. The van der Waals surface area contributed by atoms with Gasteiger partial charge in [0.2, 0.25) is 0 Å². The van der Waals surface area contributed by atoms with Crippen LogP contribution in [0.4, 0.5) is 30.7 Å². The number of rotatable bonds is 6. The van der Waals surface area contributed by atoms with E-state index in [9.17, 15) is 39.2 Å². The molecule has 1 aromatic carbocycles. The molecular formula is C14H13F7O3S. The number of alkyl halides is 7. The third-order valence-corrected chi connectivity index (χ3v) is 3.55. The second kappa shape index (κ2) is 6.94. The summed E-state index contributed by atoms with van der Waals surface area (Å²) in [4.78, 5) is 0. The van der Waals surface area contributed by atoms with Crippen LogP contribution in [0.25, 0.3) is 5.57 Å². The second-order valence-electron chi connectivity index (χ2n) is 5.10. The van der Waals surface area contributed by atoms with Gasteiger partial charge in [0, 0.05) is 5.57 Å². The Balaban J connectivity index is 3.52. The standard InChI is InChI=1S/C14H13F7O3S/c1-9(24-25(2,22)23)8-11(10-6-4-3-5-7-10)12(15,16)13(17,18)14(19,20)21/h3-9H,1-2H3/b11-8+. The Bertz CT molecular complexity index is 725. The number of benzene rings is 1. The van der Waals surface area contributed by atoms with Crippen molar-refractivity contribution in [2.45, 2.75) is 31.0 Å². The molecule has 25 heavy (non-hydrogen) atoms. The molecule has 0 spiro atoms. The average Bonchev–Trinajstić information content (AvgIpc) is 2.42. The third-order valence-electron chi connectivity index (χ3n) is 2.90. The highest BCUT2D eigenvalue weighted by molar-refractivity contribution is 7.86. The first kappa shape index (κ1) is 21.4. The van der Waals surface area contributed by atoms with E-state index in [1.54, 1.807) is 0 Å². The molecule has 0 saturated carbocycles. The summed E-state index contributed by atoms with van der Waals surface area (Å²) < 4.78 is 119. The van der Waals surface area contributed by atoms with Crippen molar-refractivity contribution in [3.63, 3.8) is 0 Å². The highest BCUT2D eigenvalue weighted by Crippen LogP contribution is 2.52. The van der Waals surface area contributed by atoms with E-state index in [0.29, 0.717) is 6.26 Å². The molecule has 0 radical (unpaired) electrons. The van der Waals surface area contributed by atoms with Crippen LogP contribution in [0.1, 0.15) is 12.5 Å². The first-order valence-electron chi connectivity index (χ1n) is 6.58. The van der Waals surface area contributed by atoms with E-state index >= 15 is 0 Å². The van der Waals surface area contributed by atoms with Crippen LogP contribution < -0.4 is 0 Å². The van der Waals surface area contributed by atoms with Gasteiger partial charge in [-0.3, -0.25) is 4.18 Å². The van der Waals surface area contributed by atoms with Crippen molar-refractivity contribution >= 4 is 15.7 Å². The van der Waals surface area contributed by atoms with Gasteiger partial charge in [-0.2, -0.15) is 39.2 Å². The van der Waals surface area contributed by atoms with Gasteiger partial charge in [0.15, 0.2) is 0 Å². The summed E-state index contributed by atoms with van der Waals surface area (Å²) in [5.74, 6) is -12.0. The maximum atomic E-state index is 14.1. The molecule has 142 valence electrons. The predicted molar refractivity (Wildman–Crippen MR) is 75.8 cm³/mol. The molecule has 0 aromatic heterocycles. The molecule has 1 rings (SSSR count). The zero-order chi connectivity index (χ0) is 19.7. The molecule has 11 heteroatoms. The van der Waals surface area contributed by atoms with E-state index in [-0.39, 0.29) is 6.08 Å². The molecule has 0 saturated heterocycles. The lowest BCUT2D eigenvalue weighted by molar-refractivity contribution is -0.339. The van der Waals surface area contributed by atoms with E-state index in [1.807, 2.05) is 0 Å². The molecule has 0 heterocycles. The normalized spacial score (nSPS) is 16.0. The van der Waals surface area contributed by atoms with Gasteiger partial charge in [-0.05, 0) is 18.6 Å². The van der Waals surface area contributed by atoms with E-state index in [1.165, 1.54) is 6.07 Å². The zero-order valence-corrected chi connectivity index (χ0v) is 13.6. The minimum Gasteiger partial charge on any atom is -0.263 e. The van der Waals surface area contributed by atoms with Crippen molar-refractivity contribution in [2.24, 2.45) is 0 Å². The van der Waals surface area contributed by atoms with Crippen LogP contribution in [0.2, 0.25) is 0 Å². The third kappa shape index (κ3) is 4.94. The minimum absolute atomic E-state index is 0.218. The monoisotopic (exact) mass is 394 g/mol. The number of halogens is 7. The molecule has 0 amide bonds. The lowest BCUT2D eigenvalue weighted by Gasteiger charge is -2.30. The summed E-state index contributed by atoms with van der Waals surface area (Å²) in [7, 11) is -4.16. The fraction of sp³-hybridized carbons (Fsp3) is 0.429. The van der Waals surface area contributed by atoms with Gasteiger partial charge in [0.1, 0.15) is 0 Å². The summed E-state index contributed by atoms with van der Waals surface area (Å²) in [5.41, 5.74) is -2.34. The Labute approximate surface area is 139 Å². The summed E-state index contributed by atoms with van der Waals surface area (Å²) in [6.07, 6.45) is -7.44. The van der Waals surface area contributed by atoms with Crippen molar-refractivity contribution in [1.29, 1.82) is 0 Å². The van der Waals surface area contributed by atoms with Crippen LogP contribution in [0.15, 0.2) is 36.4 Å². The van der Waals surface area contributed by atoms with Crippen LogP contribution in [0.5, 0.6) is 0 Å². The Morgan fingerprint density at radius 1 is 1.04 bits per heavy atom. The second-order valence-corrected chi connectivity index (χ2v) is 6.70. The fourth-order valence-electron chi connectivity index (χ4n) is 1.89. The molecule has 0 N–H and O–H groups in total. The summed E-state index contributed by atoms with van der Waals surface area (Å²) in [6.45, 7) is 0.909. The van der Waals surface area contributed by atoms with Gasteiger partial charge < -0.3 is 0 Å². The number of allylic oxidation sites excluding steroid dienone is 1. The molecule has 0 bridgehead atoms. The summed E-state index contributed by atoms with van der Waals surface area (Å²) in [5, 5.41) is 0. The van der Waals surface area contributed by atoms with Crippen molar-refractivity contribution in [1.82, 2.24) is 0 Å². The van der Waals surface area contributed by atoms with Gasteiger partial charge >= 0.3 is 18.0 Å². The molecular weight excluding hydrogens is 381 g/mol. The molecule has 0 aliphatic carbocycles. The van der Waals surface area contributed by atoms with Crippen molar-refractivity contribution in [2.75, 3.05) is 6.26 Å². The van der Waals surface area contributed by atoms with Gasteiger partial charge in [-0.15, -0.1) is 0 Å². The summed E-state index contributed by atoms with van der Waals surface area (Å²) >= 11 is 0. The van der Waals surface area contributed by atoms with Crippen LogP contribution in [0, 0.1) is 0 Å². The highest BCUT2D eigenvalue weighted by Gasteiger charge is 2.74. The van der Waals surface area contributed by atoms with E-state index in [0.717, 1.165) is 31.2 Å². The van der Waals surface area contributed by atoms with Crippen LogP contribution in [-0.2, 0) is 14.3 Å². The van der Waals surface area contributed by atoms with E-state index in [2.05, 4.69) is 4.18 Å². The lowest BCUT2D eigenvalue weighted by atomic mass is 9.93. The lowest BCUT2D eigenvalue weighted by Crippen LogP contribution is -2.52. The SMILES string of the molecule is CC(/C=C(\c1ccccc1)C(F)(F)C(F)(F)C(F)(F)F)OS(C)(=O)=O. The minimum atomic E-state index is -6.52. The molecule has 1 atom stereocenters. The molecule has 0 aliphatic heterocycles. The average molecular weight is 394 g/mol. The smallest absolute Gasteiger partial charge is 0.263 e. The maximum Gasteiger partial charge on any atom is 0.460 e. The Hall–Kier alpha value is -1.62. The van der Waals surface area contributed by atoms with Gasteiger partial charge in [-0.25, -0.2) is 0 Å². The molecule has 1 unspecified atom stereocenters. The van der Waals surface area contributed by atoms with Crippen molar-refractivity contribution in [3.05, 3.63) is 42.0 Å². The van der Waals surface area contributed by atoms with Crippen molar-refractivity contribution < 1.29 is 43.3 Å². The molecule has 0 aliphatic rings. The van der Waals surface area contributed by atoms with Crippen LogP contribution >= 0.6 is 0 Å². The quantitative estimate of drug-likeness (QED) is 0.535. The first-order chi connectivity index (χ1) is 11.1. The topological polar surface area (TPSA) is 43.4 Å². The van der Waals surface area contributed by atoms with Crippen molar-refractivity contribution in [3.8, 4) is 0 Å². The Morgan fingerprint density at radius 2 is 1.52 bits per heavy atom. The van der Waals surface area contributed by atoms with Gasteiger partial charge in [0.25, 0.3) is 10.1 Å². The largest absolute Gasteiger partial charge is 0.460 e. The Kier molecular flexibility index (Phi) is 5.95. The highest BCUT2D eigenvalue weighted by atomic mass is 32.2. The van der Waals surface area contributed by atoms with Gasteiger partial charge in [-0.1, -0.05) is 30.3 Å². The van der Waals surface area contributed by atoms with Crippen LogP contribution in [-0.4, -0.2) is 38.8 Å². The van der Waals surface area contributed by atoms with Gasteiger partial charge in [0.05, 0.1) is 12.4 Å². The molecule has 3 nitrogen and oxygen atoms in total.